The van der Waals surface area contributed by atoms with Crippen LogP contribution in [0.1, 0.15) is 54.4 Å². The van der Waals surface area contributed by atoms with E-state index in [0.29, 0.717) is 5.41 Å². The zero-order valence-corrected chi connectivity index (χ0v) is 13.7. The maximum Gasteiger partial charge on any atom is 0.0265 e. The van der Waals surface area contributed by atoms with Crippen LogP contribution in [-0.2, 0) is 11.8 Å². The molecule has 0 heterocycles. The van der Waals surface area contributed by atoms with E-state index >= 15 is 0 Å². The van der Waals surface area contributed by atoms with Crippen LogP contribution in [0.5, 0.6) is 0 Å². The highest BCUT2D eigenvalue weighted by atomic mass is 14.6. The molecule has 5 aliphatic rings. The normalized spacial score (nSPS) is 35.1. The minimum Gasteiger partial charge on any atom is -0.0620 e. The van der Waals surface area contributed by atoms with E-state index in [2.05, 4.69) is 48.5 Å². The highest BCUT2D eigenvalue weighted by molar-refractivity contribution is 5.56. The van der Waals surface area contributed by atoms with Crippen molar-refractivity contribution in [1.29, 1.82) is 0 Å². The topological polar surface area (TPSA) is 0 Å². The predicted octanol–water partition coefficient (Wildman–Crippen LogP) is 5.33. The molecular weight excluding hydrogens is 276 g/mol. The zero-order chi connectivity index (χ0) is 15.0. The monoisotopic (exact) mass is 300 g/mol. The molecule has 0 radical (unpaired) electrons. The molecule has 5 aliphatic carbocycles. The molecule has 2 aromatic rings. The van der Waals surface area contributed by atoms with E-state index in [-0.39, 0.29) is 0 Å². The van der Waals surface area contributed by atoms with Crippen molar-refractivity contribution in [2.45, 2.75) is 43.9 Å². The molecule has 0 amide bonds. The molecule has 0 atom stereocenters. The first-order valence-electron chi connectivity index (χ1n) is 9.52. The van der Waals surface area contributed by atoms with Gasteiger partial charge >= 0.3 is 0 Å². The van der Waals surface area contributed by atoms with Gasteiger partial charge < -0.3 is 0 Å². The Balaban J connectivity index is 1.67. The number of fused-ring (bicyclic) bond motifs is 2. The summed E-state index contributed by atoms with van der Waals surface area (Å²) < 4.78 is 0. The summed E-state index contributed by atoms with van der Waals surface area (Å²) >= 11 is 0. The first-order chi connectivity index (χ1) is 11.4. The molecule has 0 heteroatoms. The van der Waals surface area contributed by atoms with E-state index in [1.807, 2.05) is 0 Å². The molecule has 0 saturated heterocycles. The average Bonchev–Trinajstić information content (AvgIpc) is 2.57. The molecule has 2 aromatic carbocycles. The van der Waals surface area contributed by atoms with Gasteiger partial charge in [-0.15, -0.1) is 0 Å². The van der Waals surface area contributed by atoms with Gasteiger partial charge in [-0.3, -0.25) is 0 Å². The second kappa shape index (κ2) is 4.29. The fourth-order valence-corrected chi connectivity index (χ4v) is 7.31. The van der Waals surface area contributed by atoms with E-state index < -0.39 is 0 Å². The Labute approximate surface area is 138 Å². The maximum absolute atomic E-state index is 2.48. The smallest absolute Gasteiger partial charge is 0.0265 e. The molecule has 7 rings (SSSR count). The fourth-order valence-electron chi connectivity index (χ4n) is 7.31. The van der Waals surface area contributed by atoms with Crippen LogP contribution in [0.15, 0.2) is 48.5 Å². The Kier molecular flexibility index (Phi) is 2.39. The van der Waals surface area contributed by atoms with E-state index in [1.54, 1.807) is 22.3 Å². The first kappa shape index (κ1) is 12.8. The zero-order valence-electron chi connectivity index (χ0n) is 13.7. The highest BCUT2D eigenvalue weighted by Crippen LogP contribution is 2.66. The second-order valence-electron chi connectivity index (χ2n) is 8.66. The molecule has 0 nitrogen and oxygen atoms in total. The van der Waals surface area contributed by atoms with Gasteiger partial charge in [0.25, 0.3) is 0 Å². The van der Waals surface area contributed by atoms with Gasteiger partial charge in [-0.05, 0) is 84.5 Å². The molecule has 116 valence electrons. The summed E-state index contributed by atoms with van der Waals surface area (Å²) in [7, 11) is 0. The van der Waals surface area contributed by atoms with Crippen molar-refractivity contribution in [1.82, 2.24) is 0 Å². The maximum atomic E-state index is 2.48. The van der Waals surface area contributed by atoms with Crippen LogP contribution in [0, 0.1) is 23.7 Å². The molecule has 23 heavy (non-hydrogen) atoms. The lowest BCUT2D eigenvalue weighted by Gasteiger charge is -2.63. The number of benzene rings is 2. The number of rotatable bonds is 0. The third-order valence-corrected chi connectivity index (χ3v) is 7.73. The van der Waals surface area contributed by atoms with Crippen LogP contribution in [0.25, 0.3) is 0 Å². The van der Waals surface area contributed by atoms with Crippen LogP contribution >= 0.6 is 0 Å². The summed E-state index contributed by atoms with van der Waals surface area (Å²) in [6.45, 7) is 0. The van der Waals surface area contributed by atoms with E-state index in [0.717, 1.165) is 30.1 Å². The lowest BCUT2D eigenvalue weighted by molar-refractivity contribution is -0.0433. The van der Waals surface area contributed by atoms with Crippen LogP contribution in [0.4, 0.5) is 0 Å². The Bertz CT molecular complexity index is 709. The molecule has 0 N–H and O–H groups in total. The largest absolute Gasteiger partial charge is 0.0620 e. The summed E-state index contributed by atoms with van der Waals surface area (Å²) in [4.78, 5) is 0. The van der Waals surface area contributed by atoms with Crippen molar-refractivity contribution >= 4 is 0 Å². The number of hydrogen-bond donors (Lipinski definition) is 0. The highest BCUT2D eigenvalue weighted by Gasteiger charge is 2.60. The Hall–Kier alpha value is -1.56. The van der Waals surface area contributed by atoms with Gasteiger partial charge in [0.05, 0.1) is 0 Å². The van der Waals surface area contributed by atoms with Crippen molar-refractivity contribution in [3.05, 3.63) is 70.8 Å². The molecule has 4 bridgehead atoms. The van der Waals surface area contributed by atoms with Crippen LogP contribution in [-0.4, -0.2) is 0 Å². The average molecular weight is 300 g/mol. The lowest BCUT2D eigenvalue weighted by atomic mass is 9.40. The van der Waals surface area contributed by atoms with Gasteiger partial charge in [-0.2, -0.15) is 0 Å². The van der Waals surface area contributed by atoms with Crippen LogP contribution in [0.3, 0.4) is 0 Å². The molecule has 4 saturated carbocycles. The third-order valence-electron chi connectivity index (χ3n) is 7.73. The van der Waals surface area contributed by atoms with E-state index in [1.165, 1.54) is 32.1 Å². The SMILES string of the molecule is c1ccc2c(c1)Cc1ccccc1C21C2CC3CC(C2)CC1C3. The summed E-state index contributed by atoms with van der Waals surface area (Å²) in [5.74, 6) is 3.84. The second-order valence-corrected chi connectivity index (χ2v) is 8.66. The third kappa shape index (κ3) is 1.48. The quantitative estimate of drug-likeness (QED) is 0.616. The standard InChI is InChI=1S/C23H24/c1-3-7-21-17(5-1)14-18-6-2-4-8-22(18)23(21)19-10-15-9-16(12-19)13-20(23)11-15/h1-8,15-16,19-20H,9-14H2. The Morgan fingerprint density at radius 1 is 0.609 bits per heavy atom. The molecule has 0 aromatic heterocycles. The van der Waals surface area contributed by atoms with Gasteiger partial charge in [-0.1, -0.05) is 48.5 Å². The van der Waals surface area contributed by atoms with Gasteiger partial charge in [0.2, 0.25) is 0 Å². The summed E-state index contributed by atoms with van der Waals surface area (Å²) in [6, 6.07) is 18.8. The van der Waals surface area contributed by atoms with Gasteiger partial charge in [0.15, 0.2) is 0 Å². The minimum atomic E-state index is 0.346. The summed E-state index contributed by atoms with van der Waals surface area (Å²) in [5, 5.41) is 0. The fraction of sp³-hybridized carbons (Fsp3) is 0.478. The van der Waals surface area contributed by atoms with E-state index in [9.17, 15) is 0 Å². The van der Waals surface area contributed by atoms with E-state index in [4.69, 9.17) is 0 Å². The molecular formula is C23H24. The van der Waals surface area contributed by atoms with Crippen molar-refractivity contribution < 1.29 is 0 Å². The predicted molar refractivity (Wildman–Crippen MR) is 93.5 cm³/mol. The van der Waals surface area contributed by atoms with Crippen molar-refractivity contribution in [3.63, 3.8) is 0 Å². The first-order valence-corrected chi connectivity index (χ1v) is 9.52. The Morgan fingerprint density at radius 3 is 1.61 bits per heavy atom. The van der Waals surface area contributed by atoms with Gasteiger partial charge in [0, 0.05) is 5.41 Å². The van der Waals surface area contributed by atoms with Crippen LogP contribution < -0.4 is 0 Å². The van der Waals surface area contributed by atoms with Gasteiger partial charge in [-0.25, -0.2) is 0 Å². The lowest BCUT2D eigenvalue weighted by Crippen LogP contribution is -2.57. The van der Waals surface area contributed by atoms with Crippen LogP contribution in [0.2, 0.25) is 0 Å². The summed E-state index contributed by atoms with van der Waals surface area (Å²) in [5.41, 5.74) is 6.97. The molecule has 0 aliphatic heterocycles. The molecule has 1 spiro atoms. The van der Waals surface area contributed by atoms with Crippen molar-refractivity contribution in [2.75, 3.05) is 0 Å². The summed E-state index contributed by atoms with van der Waals surface area (Å²) in [6.07, 6.45) is 8.60. The van der Waals surface area contributed by atoms with Crippen molar-refractivity contribution in [2.24, 2.45) is 23.7 Å². The van der Waals surface area contributed by atoms with Crippen molar-refractivity contribution in [3.8, 4) is 0 Å². The minimum absolute atomic E-state index is 0.346. The molecule has 0 unspecified atom stereocenters. The molecule has 4 fully saturated rings. The van der Waals surface area contributed by atoms with Gasteiger partial charge in [0.1, 0.15) is 0 Å². The Morgan fingerprint density at radius 2 is 1.09 bits per heavy atom. The number of hydrogen-bond acceptors (Lipinski definition) is 0.